The van der Waals surface area contributed by atoms with Crippen LogP contribution in [-0.4, -0.2) is 56.8 Å². The van der Waals surface area contributed by atoms with E-state index in [1.807, 2.05) is 0 Å². The van der Waals surface area contributed by atoms with Gasteiger partial charge in [0.25, 0.3) is 11.7 Å². The Hall–Kier alpha value is -2.89. The molecule has 0 unspecified atom stereocenters. The molecule has 0 radical (unpaired) electrons. The topological polar surface area (TPSA) is 49.6 Å². The molecule has 3 heterocycles. The van der Waals surface area contributed by atoms with Crippen molar-refractivity contribution in [3.8, 4) is 0 Å². The minimum Gasteiger partial charge on any atom is -0.348 e. The zero-order chi connectivity index (χ0) is 21.5. The molecule has 1 saturated heterocycles. The molecule has 1 aromatic carbocycles. The first kappa shape index (κ1) is 20.4. The summed E-state index contributed by atoms with van der Waals surface area (Å²) in [7, 11) is 0. The summed E-state index contributed by atoms with van der Waals surface area (Å²) in [6.45, 7) is -0.696. The Balaban J connectivity index is 1.57. The van der Waals surface area contributed by atoms with Crippen LogP contribution in [0.15, 0.2) is 36.4 Å². The van der Waals surface area contributed by atoms with Crippen LogP contribution in [0.3, 0.4) is 0 Å². The number of alkyl halides is 5. The maximum Gasteiger partial charge on any atom is 0.453 e. The number of hydrogen-bond donors (Lipinski definition) is 0. The summed E-state index contributed by atoms with van der Waals surface area (Å²) < 4.78 is 81.9. The molecule has 3 aromatic rings. The Morgan fingerprint density at radius 1 is 0.933 bits per heavy atom. The molecule has 0 bridgehead atoms. The standard InChI is InChI=1S/C18H16F6N6/c19-13-3-1-12(2-4-13)9-28-7-8-29(11-17(20,21)10-28)15-6-5-14-25-26-16(18(22,23)24)30(14)27-15/h1-6H,7-11H2. The predicted molar refractivity (Wildman–Crippen MR) is 94.6 cm³/mol. The summed E-state index contributed by atoms with van der Waals surface area (Å²) in [5.41, 5.74) is 0.546. The van der Waals surface area contributed by atoms with Crippen molar-refractivity contribution < 1.29 is 26.3 Å². The number of hydrogen-bond acceptors (Lipinski definition) is 5. The minimum absolute atomic E-state index is 0.0314. The van der Waals surface area contributed by atoms with Crippen molar-refractivity contribution in [2.24, 2.45) is 0 Å². The van der Waals surface area contributed by atoms with Gasteiger partial charge in [-0.2, -0.15) is 17.7 Å². The first-order chi connectivity index (χ1) is 14.1. The van der Waals surface area contributed by atoms with Crippen molar-refractivity contribution in [2.75, 3.05) is 31.1 Å². The lowest BCUT2D eigenvalue weighted by molar-refractivity contribution is -0.146. The van der Waals surface area contributed by atoms with Gasteiger partial charge in [-0.1, -0.05) is 12.1 Å². The molecule has 1 aliphatic rings. The van der Waals surface area contributed by atoms with E-state index in [2.05, 4.69) is 15.3 Å². The van der Waals surface area contributed by atoms with Gasteiger partial charge in [0.15, 0.2) is 5.65 Å². The van der Waals surface area contributed by atoms with Crippen molar-refractivity contribution in [3.05, 3.63) is 53.6 Å². The quantitative estimate of drug-likeness (QED) is 0.598. The Morgan fingerprint density at radius 3 is 2.37 bits per heavy atom. The van der Waals surface area contributed by atoms with E-state index in [0.717, 1.165) is 0 Å². The smallest absolute Gasteiger partial charge is 0.348 e. The molecular formula is C18H16F6N6. The van der Waals surface area contributed by atoms with Crippen molar-refractivity contribution in [3.63, 3.8) is 0 Å². The Kier molecular flexibility index (Phi) is 5.04. The highest BCUT2D eigenvalue weighted by Crippen LogP contribution is 2.29. The number of nitrogens with zero attached hydrogens (tertiary/aromatic N) is 6. The van der Waals surface area contributed by atoms with Crippen LogP contribution in [0.1, 0.15) is 11.4 Å². The fourth-order valence-corrected chi connectivity index (χ4v) is 3.38. The predicted octanol–water partition coefficient (Wildman–Crippen LogP) is 3.24. The van der Waals surface area contributed by atoms with Crippen molar-refractivity contribution >= 4 is 11.5 Å². The summed E-state index contributed by atoms with van der Waals surface area (Å²) in [6, 6.07) is 8.16. The molecule has 4 rings (SSSR count). The molecule has 12 heteroatoms. The van der Waals surface area contributed by atoms with Gasteiger partial charge < -0.3 is 4.90 Å². The van der Waals surface area contributed by atoms with Crippen LogP contribution >= 0.6 is 0 Å². The molecule has 0 saturated carbocycles. The van der Waals surface area contributed by atoms with Gasteiger partial charge in [-0.25, -0.2) is 13.2 Å². The van der Waals surface area contributed by atoms with E-state index < -0.39 is 36.8 Å². The van der Waals surface area contributed by atoms with Gasteiger partial charge in [0.1, 0.15) is 11.6 Å². The second-order valence-electron chi connectivity index (χ2n) is 7.10. The molecule has 0 N–H and O–H groups in total. The van der Waals surface area contributed by atoms with Gasteiger partial charge in [0.05, 0.1) is 13.1 Å². The Labute approximate surface area is 166 Å². The molecule has 1 aliphatic heterocycles. The van der Waals surface area contributed by atoms with E-state index in [-0.39, 0.29) is 31.1 Å². The van der Waals surface area contributed by atoms with Crippen molar-refractivity contribution in [1.29, 1.82) is 0 Å². The molecule has 2 aromatic heterocycles. The van der Waals surface area contributed by atoms with E-state index in [0.29, 0.717) is 10.1 Å². The average molecular weight is 430 g/mol. The summed E-state index contributed by atoms with van der Waals surface area (Å²) in [4.78, 5) is 2.76. The fraction of sp³-hybridized carbons (Fsp3) is 0.389. The number of aromatic nitrogens is 4. The molecule has 1 fully saturated rings. The van der Waals surface area contributed by atoms with Crippen LogP contribution in [0.2, 0.25) is 0 Å². The SMILES string of the molecule is Fc1ccc(CN2CCN(c3ccc4nnc(C(F)(F)F)n4n3)CC(F)(F)C2)cc1. The van der Waals surface area contributed by atoms with Crippen LogP contribution in [0.5, 0.6) is 0 Å². The first-order valence-electron chi connectivity index (χ1n) is 9.00. The third-order valence-corrected chi connectivity index (χ3v) is 4.71. The lowest BCUT2D eigenvalue weighted by Crippen LogP contribution is -2.39. The number of rotatable bonds is 3. The zero-order valence-corrected chi connectivity index (χ0v) is 15.5. The third-order valence-electron chi connectivity index (χ3n) is 4.71. The van der Waals surface area contributed by atoms with Gasteiger partial charge in [-0.3, -0.25) is 4.90 Å². The largest absolute Gasteiger partial charge is 0.453 e. The van der Waals surface area contributed by atoms with Gasteiger partial charge in [-0.15, -0.1) is 15.3 Å². The summed E-state index contributed by atoms with van der Waals surface area (Å²) in [5.74, 6) is -4.90. The number of halogens is 6. The third kappa shape index (κ3) is 4.32. The summed E-state index contributed by atoms with van der Waals surface area (Å²) in [5, 5.41) is 10.4. The summed E-state index contributed by atoms with van der Waals surface area (Å²) in [6.07, 6.45) is -4.78. The lowest BCUT2D eigenvalue weighted by atomic mass is 10.2. The molecule has 0 amide bonds. The van der Waals surface area contributed by atoms with Crippen LogP contribution in [0, 0.1) is 5.82 Å². The second-order valence-corrected chi connectivity index (χ2v) is 7.10. The monoisotopic (exact) mass is 430 g/mol. The number of benzene rings is 1. The Bertz CT molecular complexity index is 1030. The van der Waals surface area contributed by atoms with E-state index >= 15 is 0 Å². The average Bonchev–Trinajstić information content (AvgIpc) is 3.03. The highest BCUT2D eigenvalue weighted by molar-refractivity contribution is 5.46. The zero-order valence-electron chi connectivity index (χ0n) is 15.5. The van der Waals surface area contributed by atoms with Crippen LogP contribution in [0.25, 0.3) is 5.65 Å². The van der Waals surface area contributed by atoms with E-state index in [1.54, 1.807) is 0 Å². The van der Waals surface area contributed by atoms with Crippen LogP contribution in [0.4, 0.5) is 32.2 Å². The van der Waals surface area contributed by atoms with Gasteiger partial charge in [0.2, 0.25) is 0 Å². The fourth-order valence-electron chi connectivity index (χ4n) is 3.38. The van der Waals surface area contributed by atoms with Crippen molar-refractivity contribution in [2.45, 2.75) is 18.6 Å². The van der Waals surface area contributed by atoms with E-state index in [1.165, 1.54) is 46.2 Å². The van der Waals surface area contributed by atoms with Crippen LogP contribution < -0.4 is 4.90 Å². The highest BCUT2D eigenvalue weighted by Gasteiger charge is 2.39. The molecule has 6 nitrogen and oxygen atoms in total. The Morgan fingerprint density at radius 2 is 1.67 bits per heavy atom. The molecular weight excluding hydrogens is 414 g/mol. The van der Waals surface area contributed by atoms with Crippen LogP contribution in [-0.2, 0) is 12.7 Å². The second kappa shape index (κ2) is 7.42. The molecule has 0 atom stereocenters. The maximum absolute atomic E-state index is 14.6. The number of fused-ring (bicyclic) bond motifs is 1. The lowest BCUT2D eigenvalue weighted by Gasteiger charge is -2.24. The molecule has 0 spiro atoms. The molecule has 160 valence electrons. The van der Waals surface area contributed by atoms with E-state index in [4.69, 9.17) is 0 Å². The summed E-state index contributed by atoms with van der Waals surface area (Å²) >= 11 is 0. The normalized spacial score (nSPS) is 18.0. The molecule has 0 aliphatic carbocycles. The highest BCUT2D eigenvalue weighted by atomic mass is 19.4. The van der Waals surface area contributed by atoms with Gasteiger partial charge in [-0.05, 0) is 29.8 Å². The maximum atomic E-state index is 14.6. The number of anilines is 1. The van der Waals surface area contributed by atoms with Crippen molar-refractivity contribution in [1.82, 2.24) is 24.7 Å². The minimum atomic E-state index is -4.78. The van der Waals surface area contributed by atoms with Gasteiger partial charge in [0, 0.05) is 19.6 Å². The first-order valence-corrected chi connectivity index (χ1v) is 9.00. The molecule has 30 heavy (non-hydrogen) atoms. The van der Waals surface area contributed by atoms with Gasteiger partial charge >= 0.3 is 6.18 Å². The van der Waals surface area contributed by atoms with E-state index in [9.17, 15) is 26.3 Å².